The van der Waals surface area contributed by atoms with Crippen molar-refractivity contribution in [1.82, 2.24) is 4.98 Å². The first-order valence-corrected chi connectivity index (χ1v) is 11.8. The summed E-state index contributed by atoms with van der Waals surface area (Å²) in [6.07, 6.45) is 0. The Hall–Kier alpha value is -2.34. The number of carbonyl (C=O) groups excluding carboxylic acids is 1. The van der Waals surface area contributed by atoms with E-state index in [0.29, 0.717) is 17.3 Å². The summed E-state index contributed by atoms with van der Waals surface area (Å²) in [5.41, 5.74) is 4.46. The lowest BCUT2D eigenvalue weighted by atomic mass is 10.1. The van der Waals surface area contributed by atoms with Gasteiger partial charge in [0.2, 0.25) is 5.91 Å². The van der Waals surface area contributed by atoms with Crippen LogP contribution in [-0.4, -0.2) is 16.6 Å². The number of aromatic nitrogens is 1. The minimum atomic E-state index is 0.0336. The molecular formula is C24H21ClN2OS2. The Morgan fingerprint density at radius 2 is 1.73 bits per heavy atom. The van der Waals surface area contributed by atoms with Gasteiger partial charge >= 0.3 is 0 Å². The van der Waals surface area contributed by atoms with Crippen molar-refractivity contribution in [2.45, 2.75) is 25.3 Å². The molecule has 1 aromatic heterocycles. The molecule has 0 spiro atoms. The van der Waals surface area contributed by atoms with Crippen molar-refractivity contribution in [3.05, 3.63) is 88.4 Å². The molecule has 1 amide bonds. The van der Waals surface area contributed by atoms with E-state index in [2.05, 4.69) is 26.0 Å². The molecule has 0 unspecified atom stereocenters. The normalized spacial score (nSPS) is 11.0. The number of aryl methyl sites for hydroxylation is 2. The largest absolute Gasteiger partial charge is 0.283 e. The Balaban J connectivity index is 1.62. The quantitative estimate of drug-likeness (QED) is 0.298. The van der Waals surface area contributed by atoms with Crippen LogP contribution in [-0.2, 0) is 11.3 Å². The van der Waals surface area contributed by atoms with Gasteiger partial charge in [-0.1, -0.05) is 53.3 Å². The SMILES string of the molecule is Cc1cc2nc(N(Cc3ccccc3)C(=O)CSc3ccc(Cl)cc3)sc2cc1C. The van der Waals surface area contributed by atoms with Crippen LogP contribution in [0.3, 0.4) is 0 Å². The monoisotopic (exact) mass is 452 g/mol. The first kappa shape index (κ1) is 20.9. The van der Waals surface area contributed by atoms with Crippen molar-refractivity contribution in [2.75, 3.05) is 10.7 Å². The number of amides is 1. The lowest BCUT2D eigenvalue weighted by Crippen LogP contribution is -2.31. The summed E-state index contributed by atoms with van der Waals surface area (Å²) in [5, 5.41) is 1.43. The van der Waals surface area contributed by atoms with Crippen molar-refractivity contribution < 1.29 is 4.79 Å². The van der Waals surface area contributed by atoms with E-state index in [0.717, 1.165) is 25.8 Å². The zero-order chi connectivity index (χ0) is 21.1. The number of thioether (sulfide) groups is 1. The van der Waals surface area contributed by atoms with E-state index in [1.807, 2.05) is 54.6 Å². The first-order chi connectivity index (χ1) is 14.5. The van der Waals surface area contributed by atoms with E-state index in [4.69, 9.17) is 16.6 Å². The van der Waals surface area contributed by atoms with Crippen LogP contribution in [0, 0.1) is 13.8 Å². The van der Waals surface area contributed by atoms with Gasteiger partial charge in [0.15, 0.2) is 5.13 Å². The van der Waals surface area contributed by atoms with Crippen LogP contribution in [0.1, 0.15) is 16.7 Å². The fourth-order valence-electron chi connectivity index (χ4n) is 3.07. The zero-order valence-corrected chi connectivity index (χ0v) is 19.2. The topological polar surface area (TPSA) is 33.2 Å². The third kappa shape index (κ3) is 4.86. The molecule has 0 aliphatic heterocycles. The third-order valence-electron chi connectivity index (χ3n) is 4.88. The Morgan fingerprint density at radius 1 is 1.03 bits per heavy atom. The lowest BCUT2D eigenvalue weighted by molar-refractivity contribution is -0.116. The molecule has 0 bridgehead atoms. The molecule has 0 radical (unpaired) electrons. The highest BCUT2D eigenvalue weighted by Crippen LogP contribution is 2.32. The number of hydrogen-bond acceptors (Lipinski definition) is 4. The Morgan fingerprint density at radius 3 is 2.47 bits per heavy atom. The van der Waals surface area contributed by atoms with Gasteiger partial charge in [0.25, 0.3) is 0 Å². The third-order valence-corrected chi connectivity index (χ3v) is 7.17. The number of fused-ring (bicyclic) bond motifs is 1. The summed E-state index contributed by atoms with van der Waals surface area (Å²) in [6, 6.07) is 21.8. The van der Waals surface area contributed by atoms with Crippen molar-refractivity contribution in [2.24, 2.45) is 0 Å². The van der Waals surface area contributed by atoms with E-state index in [1.54, 1.807) is 16.2 Å². The van der Waals surface area contributed by atoms with Gasteiger partial charge in [-0.2, -0.15) is 0 Å². The Kier molecular flexibility index (Phi) is 6.42. The molecule has 0 N–H and O–H groups in total. The van der Waals surface area contributed by atoms with Gasteiger partial charge in [0.1, 0.15) is 0 Å². The molecule has 3 nitrogen and oxygen atoms in total. The molecule has 0 saturated carbocycles. The summed E-state index contributed by atoms with van der Waals surface area (Å²) in [7, 11) is 0. The number of rotatable bonds is 6. The molecule has 0 atom stereocenters. The summed E-state index contributed by atoms with van der Waals surface area (Å²) in [5.74, 6) is 0.369. The minimum absolute atomic E-state index is 0.0336. The smallest absolute Gasteiger partial charge is 0.239 e. The van der Waals surface area contributed by atoms with Gasteiger partial charge in [0.05, 0.1) is 22.5 Å². The average Bonchev–Trinajstić information content (AvgIpc) is 3.14. The van der Waals surface area contributed by atoms with Crippen molar-refractivity contribution in [3.63, 3.8) is 0 Å². The molecule has 4 rings (SSSR count). The van der Waals surface area contributed by atoms with E-state index in [9.17, 15) is 4.79 Å². The molecule has 4 aromatic rings. The minimum Gasteiger partial charge on any atom is -0.283 e. The van der Waals surface area contributed by atoms with Gasteiger partial charge in [-0.15, -0.1) is 11.8 Å². The molecule has 0 aliphatic rings. The highest BCUT2D eigenvalue weighted by atomic mass is 35.5. The van der Waals surface area contributed by atoms with Crippen LogP contribution >= 0.6 is 34.7 Å². The van der Waals surface area contributed by atoms with Gasteiger partial charge in [0, 0.05) is 9.92 Å². The highest BCUT2D eigenvalue weighted by molar-refractivity contribution is 8.00. The number of carbonyl (C=O) groups is 1. The van der Waals surface area contributed by atoms with Crippen LogP contribution in [0.25, 0.3) is 10.2 Å². The number of anilines is 1. The molecule has 0 saturated heterocycles. The van der Waals surface area contributed by atoms with Crippen LogP contribution in [0.15, 0.2) is 71.6 Å². The molecule has 152 valence electrons. The van der Waals surface area contributed by atoms with Crippen LogP contribution in [0.5, 0.6) is 0 Å². The number of thiazole rings is 1. The van der Waals surface area contributed by atoms with Crippen molar-refractivity contribution in [1.29, 1.82) is 0 Å². The maximum absolute atomic E-state index is 13.2. The van der Waals surface area contributed by atoms with Crippen molar-refractivity contribution >= 4 is 56.0 Å². The van der Waals surface area contributed by atoms with Gasteiger partial charge in [-0.3, -0.25) is 9.69 Å². The predicted octanol–water partition coefficient (Wildman–Crippen LogP) is 6.89. The maximum Gasteiger partial charge on any atom is 0.239 e. The average molecular weight is 453 g/mol. The zero-order valence-electron chi connectivity index (χ0n) is 16.8. The van der Waals surface area contributed by atoms with E-state index >= 15 is 0 Å². The lowest BCUT2D eigenvalue weighted by Gasteiger charge is -2.20. The van der Waals surface area contributed by atoms with Crippen LogP contribution < -0.4 is 4.90 Å². The van der Waals surface area contributed by atoms with Gasteiger partial charge in [-0.25, -0.2) is 4.98 Å². The molecule has 30 heavy (non-hydrogen) atoms. The molecule has 0 aliphatic carbocycles. The molecule has 1 heterocycles. The number of benzene rings is 3. The van der Waals surface area contributed by atoms with Crippen molar-refractivity contribution in [3.8, 4) is 0 Å². The summed E-state index contributed by atoms with van der Waals surface area (Å²) >= 11 is 9.04. The summed E-state index contributed by atoms with van der Waals surface area (Å²) in [4.78, 5) is 20.9. The van der Waals surface area contributed by atoms with E-state index in [-0.39, 0.29) is 5.91 Å². The second-order valence-electron chi connectivity index (χ2n) is 7.11. The number of nitrogens with zero attached hydrogens (tertiary/aromatic N) is 2. The summed E-state index contributed by atoms with van der Waals surface area (Å²) in [6.45, 7) is 4.69. The van der Waals surface area contributed by atoms with Crippen LogP contribution in [0.2, 0.25) is 5.02 Å². The molecule has 6 heteroatoms. The Bertz CT molecular complexity index is 1130. The number of halogens is 1. The molecule has 3 aromatic carbocycles. The Labute approximate surface area is 189 Å². The van der Waals surface area contributed by atoms with Crippen LogP contribution in [0.4, 0.5) is 5.13 Å². The molecule has 0 fully saturated rings. The van der Waals surface area contributed by atoms with Gasteiger partial charge in [-0.05, 0) is 66.9 Å². The highest BCUT2D eigenvalue weighted by Gasteiger charge is 2.21. The maximum atomic E-state index is 13.2. The second kappa shape index (κ2) is 9.21. The first-order valence-electron chi connectivity index (χ1n) is 9.60. The molecular weight excluding hydrogens is 432 g/mol. The van der Waals surface area contributed by atoms with E-state index in [1.165, 1.54) is 22.9 Å². The van der Waals surface area contributed by atoms with E-state index < -0.39 is 0 Å². The number of hydrogen-bond donors (Lipinski definition) is 0. The predicted molar refractivity (Wildman–Crippen MR) is 129 cm³/mol. The summed E-state index contributed by atoms with van der Waals surface area (Å²) < 4.78 is 1.10. The van der Waals surface area contributed by atoms with Gasteiger partial charge < -0.3 is 0 Å². The fraction of sp³-hybridized carbons (Fsp3) is 0.167. The standard InChI is InChI=1S/C24H21ClN2OS2/c1-16-12-21-22(13-17(16)2)30-24(26-21)27(14-18-6-4-3-5-7-18)23(28)15-29-20-10-8-19(25)9-11-20/h3-13H,14-15H2,1-2H3. The second-order valence-corrected chi connectivity index (χ2v) is 9.60. The fourth-order valence-corrected chi connectivity index (χ4v) is 5.03.